The monoisotopic (exact) mass is 363 g/mol. The van der Waals surface area contributed by atoms with E-state index < -0.39 is 6.04 Å². The zero-order valence-electron chi connectivity index (χ0n) is 11.0. The van der Waals surface area contributed by atoms with Crippen molar-refractivity contribution in [3.8, 4) is 0 Å². The number of fused-ring (bicyclic) bond motifs is 1. The fraction of sp³-hybridized carbons (Fsp3) is 0.0588. The Labute approximate surface area is 135 Å². The molecule has 1 nitrogen and oxygen atoms in total. The Balaban J connectivity index is 2.04. The molecule has 0 aliphatic rings. The second-order valence-electron chi connectivity index (χ2n) is 4.89. The molecule has 0 fully saturated rings. The molecule has 21 heavy (non-hydrogen) atoms. The average Bonchev–Trinajstić information content (AvgIpc) is 2.46. The topological polar surface area (TPSA) is 26.0 Å². The molecule has 0 spiro atoms. The fourth-order valence-electron chi connectivity index (χ4n) is 2.36. The summed E-state index contributed by atoms with van der Waals surface area (Å²) in [5, 5.41) is 2.55. The van der Waals surface area contributed by atoms with E-state index in [0.717, 1.165) is 20.8 Å². The first-order valence-corrected chi connectivity index (χ1v) is 7.61. The van der Waals surface area contributed by atoms with Gasteiger partial charge in [0.1, 0.15) is 5.82 Å². The standard InChI is InChI=1S/C17H12BrClFN/c18-13-4-3-10-7-12(2-1-11(10)8-13)17(21)15-6-5-14(19)9-16(15)20/h1-9,17H,21H2. The minimum atomic E-state index is -0.518. The number of halogens is 3. The van der Waals surface area contributed by atoms with Gasteiger partial charge in [-0.25, -0.2) is 4.39 Å². The molecule has 0 aromatic heterocycles. The molecule has 0 radical (unpaired) electrons. The molecule has 0 amide bonds. The van der Waals surface area contributed by atoms with Gasteiger partial charge in [0.15, 0.2) is 0 Å². The lowest BCUT2D eigenvalue weighted by molar-refractivity contribution is 0.600. The molecule has 3 rings (SSSR count). The minimum absolute atomic E-state index is 0.367. The van der Waals surface area contributed by atoms with Crippen molar-refractivity contribution in [2.75, 3.05) is 0 Å². The minimum Gasteiger partial charge on any atom is -0.320 e. The normalized spacial score (nSPS) is 12.6. The van der Waals surface area contributed by atoms with Gasteiger partial charge in [-0.1, -0.05) is 51.8 Å². The average molecular weight is 365 g/mol. The van der Waals surface area contributed by atoms with Crippen molar-refractivity contribution in [2.24, 2.45) is 5.73 Å². The van der Waals surface area contributed by atoms with Crippen molar-refractivity contribution < 1.29 is 4.39 Å². The largest absolute Gasteiger partial charge is 0.320 e. The summed E-state index contributed by atoms with van der Waals surface area (Å²) in [5.41, 5.74) is 7.50. The van der Waals surface area contributed by atoms with E-state index in [0.29, 0.717) is 10.6 Å². The molecule has 0 saturated heterocycles. The van der Waals surface area contributed by atoms with Gasteiger partial charge in [0, 0.05) is 15.1 Å². The van der Waals surface area contributed by atoms with Crippen molar-refractivity contribution >= 4 is 38.3 Å². The molecular formula is C17H12BrClFN. The van der Waals surface area contributed by atoms with Gasteiger partial charge >= 0.3 is 0 Å². The highest BCUT2D eigenvalue weighted by Crippen LogP contribution is 2.28. The molecule has 0 bridgehead atoms. The van der Waals surface area contributed by atoms with Crippen LogP contribution in [-0.2, 0) is 0 Å². The molecule has 4 heteroatoms. The van der Waals surface area contributed by atoms with Gasteiger partial charge in [-0.3, -0.25) is 0 Å². The molecular weight excluding hydrogens is 353 g/mol. The van der Waals surface area contributed by atoms with Crippen LogP contribution >= 0.6 is 27.5 Å². The molecule has 0 aliphatic carbocycles. The van der Waals surface area contributed by atoms with Crippen molar-refractivity contribution in [1.29, 1.82) is 0 Å². The van der Waals surface area contributed by atoms with Crippen LogP contribution in [0.15, 0.2) is 59.1 Å². The summed E-state index contributed by atoms with van der Waals surface area (Å²) < 4.78 is 15.0. The molecule has 0 aliphatic heterocycles. The molecule has 1 atom stereocenters. The Morgan fingerprint density at radius 2 is 1.67 bits per heavy atom. The first-order valence-electron chi connectivity index (χ1n) is 6.44. The summed E-state index contributed by atoms with van der Waals surface area (Å²) in [4.78, 5) is 0. The third kappa shape index (κ3) is 2.95. The van der Waals surface area contributed by atoms with Crippen LogP contribution in [0, 0.1) is 5.82 Å². The lowest BCUT2D eigenvalue weighted by Gasteiger charge is -2.14. The van der Waals surface area contributed by atoms with Crippen molar-refractivity contribution in [3.63, 3.8) is 0 Å². The second-order valence-corrected chi connectivity index (χ2v) is 6.25. The molecule has 2 N–H and O–H groups in total. The van der Waals surface area contributed by atoms with E-state index in [4.69, 9.17) is 17.3 Å². The highest BCUT2D eigenvalue weighted by Gasteiger charge is 2.14. The van der Waals surface area contributed by atoms with Gasteiger partial charge in [0.2, 0.25) is 0 Å². The summed E-state index contributed by atoms with van der Waals surface area (Å²) >= 11 is 9.22. The summed E-state index contributed by atoms with van der Waals surface area (Å²) in [6.45, 7) is 0. The lowest BCUT2D eigenvalue weighted by atomic mass is 9.96. The Morgan fingerprint density at radius 1 is 0.952 bits per heavy atom. The Bertz CT molecular complexity index is 819. The third-order valence-corrected chi connectivity index (χ3v) is 4.21. The zero-order chi connectivity index (χ0) is 15.0. The van der Waals surface area contributed by atoms with Gasteiger partial charge in [-0.15, -0.1) is 0 Å². The van der Waals surface area contributed by atoms with Gasteiger partial charge in [0.05, 0.1) is 6.04 Å². The summed E-state index contributed by atoms with van der Waals surface area (Å²) in [6.07, 6.45) is 0. The quantitative estimate of drug-likeness (QED) is 0.643. The van der Waals surface area contributed by atoms with E-state index in [2.05, 4.69) is 15.9 Å². The van der Waals surface area contributed by atoms with Gasteiger partial charge < -0.3 is 5.73 Å². The molecule has 1 unspecified atom stereocenters. The van der Waals surface area contributed by atoms with E-state index in [1.165, 1.54) is 6.07 Å². The van der Waals surface area contributed by atoms with Crippen molar-refractivity contribution in [1.82, 2.24) is 0 Å². The van der Waals surface area contributed by atoms with E-state index in [1.807, 2.05) is 36.4 Å². The number of nitrogens with two attached hydrogens (primary N) is 1. The number of hydrogen-bond donors (Lipinski definition) is 1. The number of rotatable bonds is 2. The predicted octanol–water partition coefficient (Wildman–Crippen LogP) is 5.44. The summed E-state index contributed by atoms with van der Waals surface area (Å²) in [7, 11) is 0. The third-order valence-electron chi connectivity index (χ3n) is 3.48. The molecule has 106 valence electrons. The smallest absolute Gasteiger partial charge is 0.129 e. The zero-order valence-corrected chi connectivity index (χ0v) is 13.3. The first kappa shape index (κ1) is 14.5. The van der Waals surface area contributed by atoms with Crippen LogP contribution in [-0.4, -0.2) is 0 Å². The maximum atomic E-state index is 14.0. The van der Waals surface area contributed by atoms with Crippen LogP contribution in [0.1, 0.15) is 17.2 Å². The highest BCUT2D eigenvalue weighted by molar-refractivity contribution is 9.10. The van der Waals surface area contributed by atoms with E-state index in [9.17, 15) is 4.39 Å². The number of hydrogen-bond acceptors (Lipinski definition) is 1. The second kappa shape index (κ2) is 5.76. The maximum absolute atomic E-state index is 14.0. The van der Waals surface area contributed by atoms with Gasteiger partial charge in [-0.05, 0) is 46.7 Å². The van der Waals surface area contributed by atoms with E-state index >= 15 is 0 Å². The van der Waals surface area contributed by atoms with Crippen LogP contribution in [0.4, 0.5) is 4.39 Å². The maximum Gasteiger partial charge on any atom is 0.129 e. The molecule has 3 aromatic rings. The highest BCUT2D eigenvalue weighted by atomic mass is 79.9. The van der Waals surface area contributed by atoms with E-state index in [1.54, 1.807) is 12.1 Å². The first-order chi connectivity index (χ1) is 10.0. The number of benzene rings is 3. The van der Waals surface area contributed by atoms with Gasteiger partial charge in [0.25, 0.3) is 0 Å². The van der Waals surface area contributed by atoms with Crippen LogP contribution in [0.3, 0.4) is 0 Å². The van der Waals surface area contributed by atoms with Crippen molar-refractivity contribution in [2.45, 2.75) is 6.04 Å². The Kier molecular flexibility index (Phi) is 3.98. The van der Waals surface area contributed by atoms with Crippen LogP contribution in [0.5, 0.6) is 0 Å². The summed E-state index contributed by atoms with van der Waals surface area (Å²) in [5.74, 6) is -0.383. The summed E-state index contributed by atoms with van der Waals surface area (Å²) in [6, 6.07) is 16.0. The predicted molar refractivity (Wildman–Crippen MR) is 89.1 cm³/mol. The Morgan fingerprint density at radius 3 is 2.43 bits per heavy atom. The molecule has 0 heterocycles. The van der Waals surface area contributed by atoms with Crippen LogP contribution in [0.2, 0.25) is 5.02 Å². The van der Waals surface area contributed by atoms with Crippen molar-refractivity contribution in [3.05, 3.63) is 81.0 Å². The van der Waals surface area contributed by atoms with Crippen LogP contribution in [0.25, 0.3) is 10.8 Å². The van der Waals surface area contributed by atoms with Crippen LogP contribution < -0.4 is 5.73 Å². The molecule has 0 saturated carbocycles. The fourth-order valence-corrected chi connectivity index (χ4v) is 2.90. The SMILES string of the molecule is NC(c1ccc2cc(Br)ccc2c1)c1ccc(Cl)cc1F. The van der Waals surface area contributed by atoms with E-state index in [-0.39, 0.29) is 5.82 Å². The molecule has 3 aromatic carbocycles. The lowest BCUT2D eigenvalue weighted by Crippen LogP contribution is -2.13. The Hall–Kier alpha value is -1.42. The van der Waals surface area contributed by atoms with Gasteiger partial charge in [-0.2, -0.15) is 0 Å².